The highest BCUT2D eigenvalue weighted by Crippen LogP contribution is 2.55. The third kappa shape index (κ3) is 1.83. The van der Waals surface area contributed by atoms with Gasteiger partial charge in [-0.2, -0.15) is 0 Å². The molecular weight excluding hydrogens is 306 g/mol. The summed E-state index contributed by atoms with van der Waals surface area (Å²) in [6.45, 7) is 2.48. The second-order valence-corrected chi connectivity index (χ2v) is 7.10. The second kappa shape index (κ2) is 4.89. The Kier molecular flexibility index (Phi) is 2.89. The second-order valence-electron chi connectivity index (χ2n) is 7.10. The van der Waals surface area contributed by atoms with Crippen LogP contribution >= 0.6 is 0 Å². The minimum atomic E-state index is -0.587. The normalized spacial score (nSPS) is 34.3. The molecule has 3 aliphatic rings. The number of imidazole rings is 1. The summed E-state index contributed by atoms with van der Waals surface area (Å²) >= 11 is 0. The molecule has 0 radical (unpaired) electrons. The molecule has 3 heterocycles. The molecule has 24 heavy (non-hydrogen) atoms. The Morgan fingerprint density at radius 3 is 3.25 bits per heavy atom. The predicted molar refractivity (Wildman–Crippen MR) is 85.9 cm³/mol. The predicted octanol–water partition coefficient (Wildman–Crippen LogP) is 2.51. The van der Waals surface area contributed by atoms with Crippen LogP contribution in [0, 0.1) is 11.8 Å². The van der Waals surface area contributed by atoms with E-state index < -0.39 is 5.60 Å². The van der Waals surface area contributed by atoms with E-state index in [1.54, 1.807) is 6.20 Å². The lowest BCUT2D eigenvalue weighted by Gasteiger charge is -2.38. The molecule has 2 aliphatic carbocycles. The third-order valence-corrected chi connectivity index (χ3v) is 5.61. The van der Waals surface area contributed by atoms with Crippen LogP contribution in [0.15, 0.2) is 30.0 Å². The molecule has 0 amide bonds. The number of pyridine rings is 1. The first kappa shape index (κ1) is 14.2. The number of carbonyl (C=O) groups is 1. The number of nitrogens with one attached hydrogen (secondary N) is 1. The fourth-order valence-electron chi connectivity index (χ4n) is 4.67. The fraction of sp³-hybridized carbons (Fsp3) is 0.500. The van der Waals surface area contributed by atoms with Crippen LogP contribution in [-0.4, -0.2) is 32.6 Å². The highest BCUT2D eigenvalue weighted by Gasteiger charge is 2.63. The summed E-state index contributed by atoms with van der Waals surface area (Å²) in [5, 5.41) is 0. The molecule has 4 atom stereocenters. The van der Waals surface area contributed by atoms with E-state index in [2.05, 4.69) is 21.9 Å². The zero-order valence-corrected chi connectivity index (χ0v) is 13.5. The zero-order valence-electron chi connectivity index (χ0n) is 13.5. The molecule has 2 fully saturated rings. The summed E-state index contributed by atoms with van der Waals surface area (Å²) in [6, 6.07) is 3.78. The number of fused-ring (bicyclic) bond motifs is 1. The standard InChI is InChI=1S/C18H19N3O3/c1-10-7-11-4-5-14-18(11,12(8-10)17(22)24-14)23-9-15-20-13-3-2-6-19-16(13)21-15/h2-3,6,8,10-11,14H,4-5,7,9H2,1H3,(H,19,20,21)/t10-,11?,14+,18-/m0/s1. The lowest BCUT2D eigenvalue weighted by molar-refractivity contribution is -0.142. The van der Waals surface area contributed by atoms with E-state index in [0.29, 0.717) is 18.4 Å². The summed E-state index contributed by atoms with van der Waals surface area (Å²) in [7, 11) is 0. The van der Waals surface area contributed by atoms with Gasteiger partial charge in [0.2, 0.25) is 0 Å². The van der Waals surface area contributed by atoms with Gasteiger partial charge in [0, 0.05) is 6.20 Å². The van der Waals surface area contributed by atoms with E-state index in [4.69, 9.17) is 9.47 Å². The van der Waals surface area contributed by atoms with Crippen LogP contribution in [0.2, 0.25) is 0 Å². The first-order valence-electron chi connectivity index (χ1n) is 8.53. The number of carbonyl (C=O) groups excluding carboxylic acids is 1. The highest BCUT2D eigenvalue weighted by atomic mass is 16.6. The monoisotopic (exact) mass is 325 g/mol. The number of nitrogens with zero attached hydrogens (tertiary/aromatic N) is 2. The molecule has 1 saturated heterocycles. The molecule has 124 valence electrons. The molecule has 6 heteroatoms. The van der Waals surface area contributed by atoms with Gasteiger partial charge in [0.05, 0.1) is 5.57 Å². The van der Waals surface area contributed by atoms with Crippen molar-refractivity contribution in [2.75, 3.05) is 0 Å². The van der Waals surface area contributed by atoms with Crippen molar-refractivity contribution in [3.8, 4) is 0 Å². The van der Waals surface area contributed by atoms with E-state index in [1.807, 2.05) is 18.2 Å². The molecule has 6 nitrogen and oxygen atoms in total. The number of allylic oxidation sites excluding steroid dienone is 1. The maximum atomic E-state index is 12.3. The third-order valence-electron chi connectivity index (χ3n) is 5.61. The molecule has 5 rings (SSSR count). The number of H-pyrrole nitrogens is 1. The first-order chi connectivity index (χ1) is 11.7. The van der Waals surface area contributed by atoms with E-state index in [-0.39, 0.29) is 12.1 Å². The summed E-state index contributed by atoms with van der Waals surface area (Å²) in [5.74, 6) is 1.25. The number of ether oxygens (including phenoxy) is 2. The van der Waals surface area contributed by atoms with Gasteiger partial charge in [-0.3, -0.25) is 0 Å². The Bertz CT molecular complexity index is 825. The Morgan fingerprint density at radius 2 is 2.38 bits per heavy atom. The SMILES string of the molecule is C[C@@H]1C=C2C(=O)O[C@@H]3CCC(C1)[C@]23OCc1nc2cccnc2[nH]1. The highest BCUT2D eigenvalue weighted by molar-refractivity contribution is 5.94. The van der Waals surface area contributed by atoms with E-state index >= 15 is 0 Å². The van der Waals surface area contributed by atoms with Crippen molar-refractivity contribution in [1.29, 1.82) is 0 Å². The summed E-state index contributed by atoms with van der Waals surface area (Å²) in [4.78, 5) is 24.3. The first-order valence-corrected chi connectivity index (χ1v) is 8.53. The minimum Gasteiger partial charge on any atom is -0.455 e. The van der Waals surface area contributed by atoms with Gasteiger partial charge in [-0.15, -0.1) is 0 Å². The van der Waals surface area contributed by atoms with Gasteiger partial charge < -0.3 is 14.5 Å². The molecule has 1 saturated carbocycles. The maximum absolute atomic E-state index is 12.3. The van der Waals surface area contributed by atoms with E-state index in [9.17, 15) is 4.79 Å². The van der Waals surface area contributed by atoms with Gasteiger partial charge in [0.15, 0.2) is 5.65 Å². The molecule has 2 aromatic heterocycles. The smallest absolute Gasteiger partial charge is 0.337 e. The largest absolute Gasteiger partial charge is 0.455 e. The van der Waals surface area contributed by atoms with Gasteiger partial charge >= 0.3 is 5.97 Å². The summed E-state index contributed by atoms with van der Waals surface area (Å²) in [5.41, 5.74) is 1.71. The molecule has 1 aliphatic heterocycles. The molecule has 1 N–H and O–H groups in total. The molecule has 2 aromatic rings. The average Bonchev–Trinajstić information content (AvgIpc) is 3.21. The van der Waals surface area contributed by atoms with Gasteiger partial charge in [-0.05, 0) is 43.2 Å². The number of hydrogen-bond acceptors (Lipinski definition) is 5. The van der Waals surface area contributed by atoms with E-state index in [0.717, 1.165) is 41.8 Å². The Hall–Kier alpha value is -2.21. The van der Waals surface area contributed by atoms with Crippen LogP contribution < -0.4 is 0 Å². The van der Waals surface area contributed by atoms with Crippen molar-refractivity contribution in [1.82, 2.24) is 15.0 Å². The van der Waals surface area contributed by atoms with Crippen LogP contribution in [0.4, 0.5) is 0 Å². The average molecular weight is 325 g/mol. The Morgan fingerprint density at radius 1 is 1.46 bits per heavy atom. The molecule has 0 bridgehead atoms. The van der Waals surface area contributed by atoms with E-state index in [1.165, 1.54) is 0 Å². The van der Waals surface area contributed by atoms with Crippen molar-refractivity contribution in [2.24, 2.45) is 11.8 Å². The van der Waals surface area contributed by atoms with Crippen molar-refractivity contribution in [3.05, 3.63) is 35.8 Å². The topological polar surface area (TPSA) is 77.1 Å². The molecular formula is C18H19N3O3. The van der Waals surface area contributed by atoms with Gasteiger partial charge in [0.1, 0.15) is 29.7 Å². The quantitative estimate of drug-likeness (QED) is 0.878. The van der Waals surface area contributed by atoms with Crippen molar-refractivity contribution < 1.29 is 14.3 Å². The lowest BCUT2D eigenvalue weighted by atomic mass is 9.73. The number of esters is 1. The lowest BCUT2D eigenvalue weighted by Crippen LogP contribution is -2.46. The van der Waals surface area contributed by atoms with Crippen LogP contribution in [0.3, 0.4) is 0 Å². The van der Waals surface area contributed by atoms with Gasteiger partial charge in [-0.25, -0.2) is 14.8 Å². The van der Waals surface area contributed by atoms with Gasteiger partial charge in [-0.1, -0.05) is 13.0 Å². The van der Waals surface area contributed by atoms with Crippen LogP contribution in [0.1, 0.15) is 32.0 Å². The Balaban J connectivity index is 1.48. The van der Waals surface area contributed by atoms with Crippen LogP contribution in [-0.2, 0) is 20.9 Å². The van der Waals surface area contributed by atoms with Crippen molar-refractivity contribution in [2.45, 2.75) is 44.5 Å². The number of rotatable bonds is 3. The number of aromatic amines is 1. The summed E-state index contributed by atoms with van der Waals surface area (Å²) in [6.07, 6.45) is 6.58. The molecule has 0 aromatic carbocycles. The number of hydrogen-bond donors (Lipinski definition) is 1. The van der Waals surface area contributed by atoms with Crippen molar-refractivity contribution >= 4 is 17.1 Å². The van der Waals surface area contributed by atoms with Crippen LogP contribution in [0.25, 0.3) is 11.2 Å². The number of aromatic nitrogens is 3. The minimum absolute atomic E-state index is 0.156. The zero-order chi connectivity index (χ0) is 16.3. The molecule has 1 unspecified atom stereocenters. The summed E-state index contributed by atoms with van der Waals surface area (Å²) < 4.78 is 12.0. The molecule has 0 spiro atoms. The van der Waals surface area contributed by atoms with Crippen molar-refractivity contribution in [3.63, 3.8) is 0 Å². The van der Waals surface area contributed by atoms with Crippen LogP contribution in [0.5, 0.6) is 0 Å². The Labute approximate surface area is 139 Å². The maximum Gasteiger partial charge on any atom is 0.337 e. The fourth-order valence-corrected chi connectivity index (χ4v) is 4.67. The van der Waals surface area contributed by atoms with Gasteiger partial charge in [0.25, 0.3) is 0 Å².